The lowest BCUT2D eigenvalue weighted by atomic mass is 10.1. The summed E-state index contributed by atoms with van der Waals surface area (Å²) in [5.74, 6) is 0.769. The first-order chi connectivity index (χ1) is 9.05. The van der Waals surface area contributed by atoms with E-state index in [1.54, 1.807) is 0 Å². The van der Waals surface area contributed by atoms with Crippen molar-refractivity contribution in [2.24, 2.45) is 0 Å². The Kier molecular flexibility index (Phi) is 3.20. The molecule has 104 valence electrons. The van der Waals surface area contributed by atoms with Gasteiger partial charge in [0.1, 0.15) is 5.82 Å². The van der Waals surface area contributed by atoms with E-state index >= 15 is 0 Å². The molecule has 0 radical (unpaired) electrons. The number of nitrogens with one attached hydrogen (secondary N) is 1. The molecule has 0 aromatic carbocycles. The molecule has 0 bridgehead atoms. The van der Waals surface area contributed by atoms with Crippen LogP contribution in [0.3, 0.4) is 0 Å². The first-order valence-corrected chi connectivity index (χ1v) is 8.70. The van der Waals surface area contributed by atoms with Crippen LogP contribution < -0.4 is 5.56 Å². The number of fused-ring (bicyclic) bond motifs is 1. The highest BCUT2D eigenvalue weighted by atomic mass is 32.2. The summed E-state index contributed by atoms with van der Waals surface area (Å²) in [5.41, 5.74) is 1.63. The average molecular weight is 282 g/mol. The van der Waals surface area contributed by atoms with Gasteiger partial charge in [0.15, 0.2) is 9.84 Å². The van der Waals surface area contributed by atoms with Gasteiger partial charge in [0, 0.05) is 11.5 Å². The number of aryl methyl sites for hydroxylation is 1. The number of rotatable bonds is 1. The SMILES string of the molecule is O=c1[nH]c(C2CCS(=O)(=O)C2)nc2c1CCCCC2. The van der Waals surface area contributed by atoms with Crippen LogP contribution in [0, 0.1) is 0 Å². The van der Waals surface area contributed by atoms with Crippen LogP contribution in [0.2, 0.25) is 0 Å². The van der Waals surface area contributed by atoms with Gasteiger partial charge in [-0.3, -0.25) is 4.79 Å². The standard InChI is InChI=1S/C13H18N2O3S/c16-13-10-4-2-1-3-5-11(10)14-12(15-13)9-6-7-19(17,18)8-9/h9H,1-8H2,(H,14,15,16). The van der Waals surface area contributed by atoms with Gasteiger partial charge >= 0.3 is 0 Å². The number of H-pyrrole nitrogens is 1. The van der Waals surface area contributed by atoms with Crippen molar-refractivity contribution >= 4 is 9.84 Å². The van der Waals surface area contributed by atoms with Gasteiger partial charge in [0.25, 0.3) is 5.56 Å². The van der Waals surface area contributed by atoms with E-state index in [-0.39, 0.29) is 23.0 Å². The lowest BCUT2D eigenvalue weighted by Gasteiger charge is -2.11. The van der Waals surface area contributed by atoms with E-state index in [1.165, 1.54) is 0 Å². The van der Waals surface area contributed by atoms with Gasteiger partial charge in [-0.25, -0.2) is 13.4 Å². The van der Waals surface area contributed by atoms with Crippen molar-refractivity contribution in [3.63, 3.8) is 0 Å². The number of sulfone groups is 1. The fraction of sp³-hybridized carbons (Fsp3) is 0.692. The van der Waals surface area contributed by atoms with Crippen LogP contribution >= 0.6 is 0 Å². The van der Waals surface area contributed by atoms with Crippen molar-refractivity contribution in [3.05, 3.63) is 27.4 Å². The summed E-state index contributed by atoms with van der Waals surface area (Å²) in [6.07, 6.45) is 5.43. The van der Waals surface area contributed by atoms with E-state index < -0.39 is 9.84 Å². The molecule has 19 heavy (non-hydrogen) atoms. The molecule has 1 unspecified atom stereocenters. The normalized spacial score (nSPS) is 25.8. The molecular weight excluding hydrogens is 264 g/mol. The van der Waals surface area contributed by atoms with Crippen LogP contribution in [0.25, 0.3) is 0 Å². The van der Waals surface area contributed by atoms with Crippen molar-refractivity contribution < 1.29 is 8.42 Å². The Bertz CT molecular complexity index is 648. The van der Waals surface area contributed by atoms with Crippen LogP contribution in [0.4, 0.5) is 0 Å². The van der Waals surface area contributed by atoms with Crippen molar-refractivity contribution in [1.82, 2.24) is 9.97 Å². The van der Waals surface area contributed by atoms with E-state index in [2.05, 4.69) is 9.97 Å². The van der Waals surface area contributed by atoms with Crippen LogP contribution in [0.15, 0.2) is 4.79 Å². The Balaban J connectivity index is 1.98. The van der Waals surface area contributed by atoms with Gasteiger partial charge in [-0.15, -0.1) is 0 Å². The van der Waals surface area contributed by atoms with Crippen LogP contribution in [0.5, 0.6) is 0 Å². The number of aromatic amines is 1. The van der Waals surface area contributed by atoms with Gasteiger partial charge < -0.3 is 4.98 Å². The van der Waals surface area contributed by atoms with Crippen molar-refractivity contribution in [1.29, 1.82) is 0 Å². The van der Waals surface area contributed by atoms with Crippen molar-refractivity contribution in [3.8, 4) is 0 Å². The zero-order chi connectivity index (χ0) is 13.5. The second-order valence-electron chi connectivity index (χ2n) is 5.54. The lowest BCUT2D eigenvalue weighted by Crippen LogP contribution is -2.21. The molecule has 6 heteroatoms. The van der Waals surface area contributed by atoms with Gasteiger partial charge in [-0.2, -0.15) is 0 Å². The number of hydrogen-bond acceptors (Lipinski definition) is 4. The zero-order valence-electron chi connectivity index (χ0n) is 10.8. The minimum absolute atomic E-state index is 0.0637. The average Bonchev–Trinajstić information content (AvgIpc) is 2.59. The predicted molar refractivity (Wildman–Crippen MR) is 72.1 cm³/mol. The Morgan fingerprint density at radius 2 is 1.95 bits per heavy atom. The summed E-state index contributed by atoms with van der Waals surface area (Å²) in [6, 6.07) is 0. The molecular formula is C13H18N2O3S. The maximum absolute atomic E-state index is 12.1. The lowest BCUT2D eigenvalue weighted by molar-refractivity contribution is 0.600. The summed E-state index contributed by atoms with van der Waals surface area (Å²) in [4.78, 5) is 19.5. The number of nitrogens with zero attached hydrogens (tertiary/aromatic N) is 1. The molecule has 1 aromatic heterocycles. The van der Waals surface area contributed by atoms with Gasteiger partial charge in [0.05, 0.1) is 17.2 Å². The third kappa shape index (κ3) is 2.59. The Hall–Kier alpha value is -1.17. The van der Waals surface area contributed by atoms with Crippen LogP contribution in [-0.4, -0.2) is 29.9 Å². The van der Waals surface area contributed by atoms with E-state index in [0.717, 1.165) is 43.4 Å². The topological polar surface area (TPSA) is 79.9 Å². The van der Waals surface area contributed by atoms with E-state index in [4.69, 9.17) is 0 Å². The monoisotopic (exact) mass is 282 g/mol. The molecule has 0 saturated carbocycles. The van der Waals surface area contributed by atoms with Crippen molar-refractivity contribution in [2.75, 3.05) is 11.5 Å². The molecule has 1 atom stereocenters. The molecule has 0 amide bonds. The van der Waals surface area contributed by atoms with Crippen LogP contribution in [-0.2, 0) is 22.7 Å². The van der Waals surface area contributed by atoms with E-state index in [1.807, 2.05) is 0 Å². The summed E-state index contributed by atoms with van der Waals surface area (Å²) in [5, 5.41) is 0. The first kappa shape index (κ1) is 12.8. The third-order valence-corrected chi connectivity index (χ3v) is 5.85. The largest absolute Gasteiger partial charge is 0.310 e. The van der Waals surface area contributed by atoms with Crippen LogP contribution in [0.1, 0.15) is 48.7 Å². The molecule has 1 aliphatic carbocycles. The maximum Gasteiger partial charge on any atom is 0.254 e. The molecule has 2 aliphatic rings. The van der Waals surface area contributed by atoms with Gasteiger partial charge in [-0.05, 0) is 32.1 Å². The molecule has 1 aromatic rings. The zero-order valence-corrected chi connectivity index (χ0v) is 11.6. The summed E-state index contributed by atoms with van der Waals surface area (Å²) in [6.45, 7) is 0. The molecule has 0 spiro atoms. The second-order valence-corrected chi connectivity index (χ2v) is 7.77. The van der Waals surface area contributed by atoms with Gasteiger partial charge in [0.2, 0.25) is 0 Å². The molecule has 2 heterocycles. The molecule has 1 saturated heterocycles. The summed E-state index contributed by atoms with van der Waals surface area (Å²) < 4.78 is 23.0. The van der Waals surface area contributed by atoms with Crippen molar-refractivity contribution in [2.45, 2.75) is 44.4 Å². The quantitative estimate of drug-likeness (QED) is 0.777. The smallest absolute Gasteiger partial charge is 0.254 e. The summed E-state index contributed by atoms with van der Waals surface area (Å²) in [7, 11) is -2.95. The predicted octanol–water partition coefficient (Wildman–Crippen LogP) is 0.941. The summed E-state index contributed by atoms with van der Waals surface area (Å²) >= 11 is 0. The first-order valence-electron chi connectivity index (χ1n) is 6.87. The molecule has 5 nitrogen and oxygen atoms in total. The fourth-order valence-electron chi connectivity index (χ4n) is 3.00. The Morgan fingerprint density at radius 1 is 1.16 bits per heavy atom. The second kappa shape index (κ2) is 4.74. The van der Waals surface area contributed by atoms with Gasteiger partial charge in [-0.1, -0.05) is 6.42 Å². The minimum atomic E-state index is -2.95. The molecule has 1 aliphatic heterocycles. The third-order valence-electron chi connectivity index (χ3n) is 4.08. The Labute approximate surface area is 112 Å². The van der Waals surface area contributed by atoms with E-state index in [9.17, 15) is 13.2 Å². The van der Waals surface area contributed by atoms with E-state index in [0.29, 0.717) is 12.2 Å². The molecule has 1 N–H and O–H groups in total. The Morgan fingerprint density at radius 3 is 2.68 bits per heavy atom. The minimum Gasteiger partial charge on any atom is -0.310 e. The molecule has 3 rings (SSSR count). The maximum atomic E-state index is 12.1. The highest BCUT2D eigenvalue weighted by Gasteiger charge is 2.31. The fourth-order valence-corrected chi connectivity index (χ4v) is 4.75. The number of hydrogen-bond donors (Lipinski definition) is 1. The number of aromatic nitrogens is 2. The molecule has 1 fully saturated rings. The highest BCUT2D eigenvalue weighted by molar-refractivity contribution is 7.91. The highest BCUT2D eigenvalue weighted by Crippen LogP contribution is 2.27.